The van der Waals surface area contributed by atoms with Crippen molar-refractivity contribution in [1.29, 1.82) is 0 Å². The maximum atomic E-state index is 11.9. The number of rotatable bonds is 6. The van der Waals surface area contributed by atoms with Crippen molar-refractivity contribution in [2.75, 3.05) is 13.2 Å². The molecule has 0 aromatic heterocycles. The number of aliphatic hydroxyl groups excluding tert-OH is 1. The van der Waals surface area contributed by atoms with Crippen LogP contribution in [-0.4, -0.2) is 43.9 Å². The first-order valence-electron chi connectivity index (χ1n) is 7.56. The molecule has 0 saturated carbocycles. The zero-order chi connectivity index (χ0) is 17.0. The van der Waals surface area contributed by atoms with E-state index in [1.807, 2.05) is 13.8 Å². The molecule has 2 atom stereocenters. The number of β-amino-alcohol motifs (C(OH)–C–C–N with tert-alkyl or cyclic N) is 1. The topological polar surface area (TPSA) is 102 Å². The van der Waals surface area contributed by atoms with Crippen LogP contribution >= 0.6 is 11.0 Å². The molecule has 1 heterocycles. The van der Waals surface area contributed by atoms with E-state index in [0.29, 0.717) is 18.1 Å². The normalized spacial score (nSPS) is 23.4. The van der Waals surface area contributed by atoms with Gasteiger partial charge in [-0.25, -0.2) is 4.79 Å². The number of hydrogen-bond acceptors (Lipinski definition) is 7. The molecular formula is C15H24N2O5S. The zero-order valence-electron chi connectivity index (χ0n) is 13.3. The highest BCUT2D eigenvalue weighted by Gasteiger charge is 2.34. The lowest BCUT2D eigenvalue weighted by Gasteiger charge is -2.35. The third-order valence-electron chi connectivity index (χ3n) is 3.78. The molecule has 1 aromatic rings. The summed E-state index contributed by atoms with van der Waals surface area (Å²) in [5.41, 5.74) is 1.27. The van der Waals surface area contributed by atoms with Crippen LogP contribution < -0.4 is 4.72 Å². The number of carbonyl (C=O) groups is 1. The van der Waals surface area contributed by atoms with Crippen molar-refractivity contribution in [3.05, 3.63) is 35.4 Å². The van der Waals surface area contributed by atoms with Crippen molar-refractivity contribution in [2.24, 2.45) is 5.92 Å². The minimum absolute atomic E-state index is 0.126. The summed E-state index contributed by atoms with van der Waals surface area (Å²) in [6, 6.07) is 6.78. The lowest BCUT2D eigenvalue weighted by molar-refractivity contribution is 0.0447. The highest BCUT2D eigenvalue weighted by atomic mass is 32.3. The number of ether oxygens (including phenoxy) is 1. The second-order valence-corrected chi connectivity index (χ2v) is 7.57. The van der Waals surface area contributed by atoms with E-state index < -0.39 is 17.2 Å². The van der Waals surface area contributed by atoms with Gasteiger partial charge in [-0.05, 0) is 23.6 Å². The molecule has 0 aliphatic carbocycles. The fraction of sp³-hybridized carbons (Fsp3) is 0.533. The largest absolute Gasteiger partial charge is 0.462 e. The third-order valence-corrected chi connectivity index (χ3v) is 5.36. The molecule has 23 heavy (non-hydrogen) atoms. The SMILES string of the molecule is CCC(C)COC(=O)c1ccc(CN2CC(O)NS2(O)O)cc1. The number of benzene rings is 1. The van der Waals surface area contributed by atoms with E-state index >= 15 is 0 Å². The molecule has 0 bridgehead atoms. The van der Waals surface area contributed by atoms with Gasteiger partial charge in [0.15, 0.2) is 0 Å². The molecule has 1 aliphatic rings. The monoisotopic (exact) mass is 344 g/mol. The molecule has 1 saturated heterocycles. The van der Waals surface area contributed by atoms with E-state index in [1.54, 1.807) is 24.3 Å². The van der Waals surface area contributed by atoms with Gasteiger partial charge >= 0.3 is 5.97 Å². The van der Waals surface area contributed by atoms with Crippen LogP contribution in [0.4, 0.5) is 0 Å². The van der Waals surface area contributed by atoms with E-state index in [1.165, 1.54) is 4.31 Å². The summed E-state index contributed by atoms with van der Waals surface area (Å²) in [5.74, 6) is -0.0306. The molecule has 130 valence electrons. The van der Waals surface area contributed by atoms with Gasteiger partial charge in [0.25, 0.3) is 0 Å². The number of nitrogens with zero attached hydrogens (tertiary/aromatic N) is 1. The summed E-state index contributed by atoms with van der Waals surface area (Å²) in [6.45, 7) is 4.85. The van der Waals surface area contributed by atoms with Crippen LogP contribution in [0.1, 0.15) is 36.2 Å². The van der Waals surface area contributed by atoms with E-state index in [0.717, 1.165) is 12.0 Å². The summed E-state index contributed by atoms with van der Waals surface area (Å²) in [6.07, 6.45) is -0.0104. The fourth-order valence-electron chi connectivity index (χ4n) is 2.11. The second kappa shape index (κ2) is 7.61. The van der Waals surface area contributed by atoms with Crippen LogP contribution in [0, 0.1) is 5.92 Å². The predicted octanol–water partition coefficient (Wildman–Crippen LogP) is 2.19. The van der Waals surface area contributed by atoms with Gasteiger partial charge in [0.1, 0.15) is 6.23 Å². The maximum Gasteiger partial charge on any atom is 0.338 e. The number of esters is 1. The van der Waals surface area contributed by atoms with Crippen molar-refractivity contribution in [3.8, 4) is 0 Å². The Hall–Kier alpha value is -1.16. The van der Waals surface area contributed by atoms with Crippen LogP contribution in [0.2, 0.25) is 0 Å². The Morgan fingerprint density at radius 2 is 2.09 bits per heavy atom. The standard InChI is InChI=1S/C15H24N2O5S/c1-3-11(2)10-22-15(19)13-6-4-12(5-7-13)8-17-9-14(18)16-23(17,20)21/h4-7,11,14,16,18,20-21H,3,8-10H2,1-2H3. The number of aliphatic hydroxyl groups is 1. The number of hydrogen-bond donors (Lipinski definition) is 4. The Bertz CT molecular complexity index is 537. The van der Waals surface area contributed by atoms with E-state index in [4.69, 9.17) is 4.74 Å². The van der Waals surface area contributed by atoms with Gasteiger partial charge in [-0.2, -0.15) is 9.03 Å². The summed E-state index contributed by atoms with van der Waals surface area (Å²) < 4.78 is 28.5. The molecule has 0 radical (unpaired) electrons. The number of nitrogens with one attached hydrogen (secondary N) is 1. The van der Waals surface area contributed by atoms with E-state index in [2.05, 4.69) is 4.72 Å². The van der Waals surface area contributed by atoms with Crippen molar-refractivity contribution in [3.63, 3.8) is 0 Å². The summed E-state index contributed by atoms with van der Waals surface area (Å²) in [4.78, 5) is 11.9. The lowest BCUT2D eigenvalue weighted by atomic mass is 10.1. The summed E-state index contributed by atoms with van der Waals surface area (Å²) >= 11 is 0. The smallest absolute Gasteiger partial charge is 0.338 e. The average Bonchev–Trinajstić information content (AvgIpc) is 2.77. The first kappa shape index (κ1) is 18.2. The minimum atomic E-state index is -3.14. The van der Waals surface area contributed by atoms with Crippen LogP contribution in [0.25, 0.3) is 0 Å². The first-order valence-corrected chi connectivity index (χ1v) is 9.07. The Balaban J connectivity index is 1.93. The first-order chi connectivity index (χ1) is 10.8. The van der Waals surface area contributed by atoms with Crippen molar-refractivity contribution >= 4 is 16.9 Å². The third kappa shape index (κ3) is 4.90. The fourth-order valence-corrected chi connectivity index (χ4v) is 3.38. The Morgan fingerprint density at radius 3 is 2.61 bits per heavy atom. The molecule has 7 nitrogen and oxygen atoms in total. The maximum absolute atomic E-state index is 11.9. The average molecular weight is 344 g/mol. The quantitative estimate of drug-likeness (QED) is 0.587. The Labute approximate surface area is 137 Å². The molecule has 1 fully saturated rings. The van der Waals surface area contributed by atoms with Crippen molar-refractivity contribution < 1.29 is 23.7 Å². The highest BCUT2D eigenvalue weighted by molar-refractivity contribution is 8.20. The van der Waals surface area contributed by atoms with Gasteiger partial charge in [0.05, 0.1) is 18.7 Å². The molecule has 2 rings (SSSR count). The zero-order valence-corrected chi connectivity index (χ0v) is 14.1. The second-order valence-electron chi connectivity index (χ2n) is 5.78. The molecule has 4 N–H and O–H groups in total. The Kier molecular flexibility index (Phi) is 6.01. The van der Waals surface area contributed by atoms with Gasteiger partial charge in [-0.1, -0.05) is 43.4 Å². The van der Waals surface area contributed by atoms with E-state index in [-0.39, 0.29) is 19.1 Å². The summed E-state index contributed by atoms with van der Waals surface area (Å²) in [7, 11) is -3.14. The molecule has 1 aromatic carbocycles. The molecule has 1 aliphatic heterocycles. The van der Waals surface area contributed by atoms with Crippen LogP contribution in [-0.2, 0) is 11.3 Å². The van der Waals surface area contributed by atoms with Gasteiger partial charge in [-0.15, -0.1) is 0 Å². The van der Waals surface area contributed by atoms with Gasteiger partial charge in [0, 0.05) is 6.54 Å². The van der Waals surface area contributed by atoms with E-state index in [9.17, 15) is 19.0 Å². The van der Waals surface area contributed by atoms with Gasteiger partial charge in [-0.3, -0.25) is 9.11 Å². The molecule has 2 unspecified atom stereocenters. The van der Waals surface area contributed by atoms with Gasteiger partial charge < -0.3 is 9.84 Å². The lowest BCUT2D eigenvalue weighted by Crippen LogP contribution is -2.25. The Morgan fingerprint density at radius 1 is 1.43 bits per heavy atom. The molecule has 0 amide bonds. The number of carbonyl (C=O) groups excluding carboxylic acids is 1. The van der Waals surface area contributed by atoms with Gasteiger partial charge in [0.2, 0.25) is 0 Å². The molecule has 0 spiro atoms. The molecule has 8 heteroatoms. The highest BCUT2D eigenvalue weighted by Crippen LogP contribution is 2.44. The predicted molar refractivity (Wildman–Crippen MR) is 88.6 cm³/mol. The van der Waals surface area contributed by atoms with Crippen LogP contribution in [0.15, 0.2) is 24.3 Å². The summed E-state index contributed by atoms with van der Waals surface area (Å²) in [5, 5.41) is 9.44. The van der Waals surface area contributed by atoms with Crippen LogP contribution in [0.3, 0.4) is 0 Å². The minimum Gasteiger partial charge on any atom is -0.462 e. The van der Waals surface area contributed by atoms with Crippen molar-refractivity contribution in [1.82, 2.24) is 9.03 Å². The van der Waals surface area contributed by atoms with Crippen LogP contribution in [0.5, 0.6) is 0 Å². The van der Waals surface area contributed by atoms with Crippen molar-refractivity contribution in [2.45, 2.75) is 33.0 Å². The molecular weight excluding hydrogens is 320 g/mol.